The van der Waals surface area contributed by atoms with Gasteiger partial charge in [-0.15, -0.1) is 0 Å². The van der Waals surface area contributed by atoms with Crippen molar-refractivity contribution < 1.29 is 19.0 Å². The monoisotopic (exact) mass is 438 g/mol. The van der Waals surface area contributed by atoms with Gasteiger partial charge in [-0.05, 0) is 86.2 Å². The molecule has 0 saturated carbocycles. The molecule has 0 N–H and O–H groups in total. The highest BCUT2D eigenvalue weighted by molar-refractivity contribution is 5.91. The van der Waals surface area contributed by atoms with Crippen LogP contribution >= 0.6 is 0 Å². The number of hydrogen-bond acceptors (Lipinski definition) is 4. The summed E-state index contributed by atoms with van der Waals surface area (Å²) in [5.74, 6) is 2.31. The molecule has 0 aliphatic carbocycles. The summed E-state index contributed by atoms with van der Waals surface area (Å²) in [5, 5.41) is 0. The number of allylic oxidation sites excluding steroid dienone is 1. The summed E-state index contributed by atoms with van der Waals surface area (Å²) in [5.41, 5.74) is 0.478. The Morgan fingerprint density at radius 3 is 2.25 bits per heavy atom. The molecule has 174 valence electrons. The quantitative estimate of drug-likeness (QED) is 0.122. The maximum absolute atomic E-state index is 12.4. The molecule has 32 heavy (non-hydrogen) atoms. The topological polar surface area (TPSA) is 44.8 Å². The first-order chi connectivity index (χ1) is 15.6. The molecule has 2 aromatic rings. The van der Waals surface area contributed by atoms with E-state index in [1.165, 1.54) is 38.5 Å². The molecule has 0 bridgehead atoms. The maximum atomic E-state index is 12.4. The number of unbranched alkanes of at least 4 members (excludes halogenated alkanes) is 4. The standard InChI is InChI=1S/C28H38O4/c1-4-6-7-8-9-10-21-30-25-15-13-24(14-16-25)28(29)32-27-19-17-26(18-20-27)31-22-11-12-23(3)5-2/h10,13-21,23H,4-9,11-12,22H2,1-3H3. The van der Waals surface area contributed by atoms with Gasteiger partial charge in [-0.25, -0.2) is 4.79 Å². The summed E-state index contributed by atoms with van der Waals surface area (Å²) in [4.78, 5) is 12.4. The molecule has 4 heteroatoms. The van der Waals surface area contributed by atoms with E-state index in [2.05, 4.69) is 20.8 Å². The third kappa shape index (κ3) is 10.0. The molecule has 0 saturated heterocycles. The van der Waals surface area contributed by atoms with Crippen LogP contribution in [0.15, 0.2) is 60.9 Å². The number of ether oxygens (including phenoxy) is 3. The summed E-state index contributed by atoms with van der Waals surface area (Å²) in [6, 6.07) is 14.1. The van der Waals surface area contributed by atoms with Gasteiger partial charge in [0, 0.05) is 0 Å². The fraction of sp³-hybridized carbons (Fsp3) is 0.464. The van der Waals surface area contributed by atoms with Crippen LogP contribution in [0.3, 0.4) is 0 Å². The smallest absolute Gasteiger partial charge is 0.343 e. The number of hydrogen-bond donors (Lipinski definition) is 0. The fourth-order valence-electron chi connectivity index (χ4n) is 3.15. The van der Waals surface area contributed by atoms with Gasteiger partial charge in [0.1, 0.15) is 17.2 Å². The SMILES string of the molecule is CCCCCCC=COc1ccc(C(=O)Oc2ccc(OCCCC(C)CC)cc2)cc1. The molecule has 0 heterocycles. The van der Waals surface area contributed by atoms with Crippen LogP contribution in [0.2, 0.25) is 0 Å². The Morgan fingerprint density at radius 1 is 0.875 bits per heavy atom. The van der Waals surface area contributed by atoms with Crippen molar-refractivity contribution in [2.75, 3.05) is 6.61 Å². The second-order valence-electron chi connectivity index (χ2n) is 8.23. The molecule has 0 radical (unpaired) electrons. The van der Waals surface area contributed by atoms with E-state index in [1.54, 1.807) is 42.7 Å². The van der Waals surface area contributed by atoms with Crippen molar-refractivity contribution in [2.24, 2.45) is 5.92 Å². The average molecular weight is 439 g/mol. The first-order valence-electron chi connectivity index (χ1n) is 12.0. The van der Waals surface area contributed by atoms with E-state index in [4.69, 9.17) is 14.2 Å². The lowest BCUT2D eigenvalue weighted by atomic mass is 10.0. The fourth-order valence-corrected chi connectivity index (χ4v) is 3.15. The van der Waals surface area contributed by atoms with Crippen molar-refractivity contribution in [1.29, 1.82) is 0 Å². The molecule has 4 nitrogen and oxygen atoms in total. The van der Waals surface area contributed by atoms with E-state index in [1.807, 2.05) is 18.2 Å². The lowest BCUT2D eigenvalue weighted by molar-refractivity contribution is 0.0734. The average Bonchev–Trinajstić information content (AvgIpc) is 2.82. The van der Waals surface area contributed by atoms with E-state index < -0.39 is 5.97 Å². The molecular formula is C28H38O4. The molecule has 1 unspecified atom stereocenters. The number of benzene rings is 2. The largest absolute Gasteiger partial charge is 0.494 e. The van der Waals surface area contributed by atoms with Crippen LogP contribution in [-0.2, 0) is 0 Å². The van der Waals surface area contributed by atoms with Crippen molar-refractivity contribution >= 4 is 5.97 Å². The zero-order valence-electron chi connectivity index (χ0n) is 19.8. The molecule has 0 fully saturated rings. The molecule has 0 aliphatic rings. The van der Waals surface area contributed by atoms with Gasteiger partial charge in [0.05, 0.1) is 18.4 Å². The molecule has 0 amide bonds. The van der Waals surface area contributed by atoms with Crippen LogP contribution in [0.25, 0.3) is 0 Å². The highest BCUT2D eigenvalue weighted by Crippen LogP contribution is 2.20. The zero-order chi connectivity index (χ0) is 23.0. The predicted octanol–water partition coefficient (Wildman–Crippen LogP) is 7.97. The molecule has 0 spiro atoms. The highest BCUT2D eigenvalue weighted by atomic mass is 16.5. The summed E-state index contributed by atoms with van der Waals surface area (Å²) in [6.07, 6.45) is 13.2. The predicted molar refractivity (Wildman–Crippen MR) is 131 cm³/mol. The van der Waals surface area contributed by atoms with E-state index in [0.717, 1.165) is 24.5 Å². The van der Waals surface area contributed by atoms with Crippen molar-refractivity contribution in [3.63, 3.8) is 0 Å². The minimum absolute atomic E-state index is 0.398. The van der Waals surface area contributed by atoms with Gasteiger partial charge in [0.2, 0.25) is 0 Å². The highest BCUT2D eigenvalue weighted by Gasteiger charge is 2.09. The van der Waals surface area contributed by atoms with Gasteiger partial charge in [0.15, 0.2) is 0 Å². The number of rotatable bonds is 15. The first-order valence-corrected chi connectivity index (χ1v) is 12.0. The van der Waals surface area contributed by atoms with Crippen LogP contribution in [0.5, 0.6) is 17.2 Å². The van der Waals surface area contributed by atoms with Gasteiger partial charge in [0.25, 0.3) is 0 Å². The Labute approximate surface area is 193 Å². The molecular weight excluding hydrogens is 400 g/mol. The van der Waals surface area contributed by atoms with Crippen LogP contribution in [0.1, 0.15) is 82.5 Å². The van der Waals surface area contributed by atoms with Crippen molar-refractivity contribution in [3.05, 3.63) is 66.4 Å². The van der Waals surface area contributed by atoms with Gasteiger partial charge >= 0.3 is 5.97 Å². The second kappa shape index (κ2) is 15.1. The third-order valence-corrected chi connectivity index (χ3v) is 5.46. The van der Waals surface area contributed by atoms with E-state index in [-0.39, 0.29) is 0 Å². The van der Waals surface area contributed by atoms with Gasteiger partial charge in [-0.3, -0.25) is 0 Å². The number of carbonyl (C=O) groups excluding carboxylic acids is 1. The maximum Gasteiger partial charge on any atom is 0.343 e. The van der Waals surface area contributed by atoms with Crippen LogP contribution in [0, 0.1) is 5.92 Å². The van der Waals surface area contributed by atoms with Crippen molar-refractivity contribution in [2.45, 2.75) is 72.1 Å². The van der Waals surface area contributed by atoms with Gasteiger partial charge in [-0.2, -0.15) is 0 Å². The molecule has 0 aliphatic heterocycles. The van der Waals surface area contributed by atoms with Gasteiger partial charge < -0.3 is 14.2 Å². The Bertz CT molecular complexity index is 793. The van der Waals surface area contributed by atoms with Crippen LogP contribution < -0.4 is 14.2 Å². The molecule has 0 aromatic heterocycles. The van der Waals surface area contributed by atoms with Crippen LogP contribution in [-0.4, -0.2) is 12.6 Å². The Morgan fingerprint density at radius 2 is 1.56 bits per heavy atom. The minimum Gasteiger partial charge on any atom is -0.494 e. The first kappa shape index (κ1) is 25.5. The van der Waals surface area contributed by atoms with E-state index in [9.17, 15) is 4.79 Å². The summed E-state index contributed by atoms with van der Waals surface area (Å²) in [7, 11) is 0. The third-order valence-electron chi connectivity index (χ3n) is 5.46. The normalized spacial score (nSPS) is 12.0. The lowest BCUT2D eigenvalue weighted by Crippen LogP contribution is -2.08. The van der Waals surface area contributed by atoms with Crippen molar-refractivity contribution in [3.8, 4) is 17.2 Å². The minimum atomic E-state index is -0.398. The Balaban J connectivity index is 1.73. The zero-order valence-corrected chi connectivity index (χ0v) is 19.8. The molecule has 2 aromatic carbocycles. The number of esters is 1. The lowest BCUT2D eigenvalue weighted by Gasteiger charge is -2.10. The summed E-state index contributed by atoms with van der Waals surface area (Å²) in [6.45, 7) is 7.38. The summed E-state index contributed by atoms with van der Waals surface area (Å²) < 4.78 is 16.8. The molecule has 2 rings (SSSR count). The van der Waals surface area contributed by atoms with Crippen molar-refractivity contribution in [1.82, 2.24) is 0 Å². The van der Waals surface area contributed by atoms with Gasteiger partial charge in [-0.1, -0.05) is 46.5 Å². The Hall–Kier alpha value is -2.75. The molecule has 1 atom stereocenters. The van der Waals surface area contributed by atoms with E-state index >= 15 is 0 Å². The number of carbonyl (C=O) groups is 1. The Kier molecular flexibility index (Phi) is 12.1. The summed E-state index contributed by atoms with van der Waals surface area (Å²) >= 11 is 0. The second-order valence-corrected chi connectivity index (χ2v) is 8.23. The van der Waals surface area contributed by atoms with E-state index in [0.29, 0.717) is 23.7 Å². The van der Waals surface area contributed by atoms with Crippen LogP contribution in [0.4, 0.5) is 0 Å².